The van der Waals surface area contributed by atoms with E-state index in [-0.39, 0.29) is 48.7 Å². The van der Waals surface area contributed by atoms with Crippen LogP contribution in [0.15, 0.2) is 29.2 Å². The molecule has 0 aliphatic heterocycles. The second kappa shape index (κ2) is 9.36. The summed E-state index contributed by atoms with van der Waals surface area (Å²) in [5.41, 5.74) is 0.872. The molecule has 26 heavy (non-hydrogen) atoms. The molecule has 0 spiro atoms. The molecule has 0 heterocycles. The third-order valence-electron chi connectivity index (χ3n) is 3.84. The average molecular weight is 377 g/mol. The van der Waals surface area contributed by atoms with Gasteiger partial charge in [-0.3, -0.25) is 9.59 Å². The normalized spacial score (nSPS) is 13.7. The SMILES string of the molecule is C#CCNC(=O)CCNC(=O)CCc1ccc(S(=O)(=O)NC2CC2)cc1. The minimum Gasteiger partial charge on any atom is -0.356 e. The zero-order chi connectivity index (χ0) is 19.0. The van der Waals surface area contributed by atoms with E-state index in [1.165, 1.54) is 0 Å². The van der Waals surface area contributed by atoms with Gasteiger partial charge in [-0.15, -0.1) is 6.42 Å². The summed E-state index contributed by atoms with van der Waals surface area (Å²) < 4.78 is 26.8. The van der Waals surface area contributed by atoms with Crippen molar-refractivity contribution < 1.29 is 18.0 Å². The minimum atomic E-state index is -3.45. The highest BCUT2D eigenvalue weighted by molar-refractivity contribution is 7.89. The number of amides is 2. The number of nitrogens with one attached hydrogen (secondary N) is 3. The molecule has 1 fully saturated rings. The summed E-state index contributed by atoms with van der Waals surface area (Å²) >= 11 is 0. The third kappa shape index (κ3) is 6.86. The summed E-state index contributed by atoms with van der Waals surface area (Å²) in [7, 11) is -3.45. The monoisotopic (exact) mass is 377 g/mol. The van der Waals surface area contributed by atoms with Gasteiger partial charge >= 0.3 is 0 Å². The highest BCUT2D eigenvalue weighted by Gasteiger charge is 2.27. The predicted molar refractivity (Wildman–Crippen MR) is 97.6 cm³/mol. The van der Waals surface area contributed by atoms with E-state index in [0.717, 1.165) is 18.4 Å². The molecule has 1 aromatic carbocycles. The Morgan fingerprint density at radius 1 is 1.08 bits per heavy atom. The first-order chi connectivity index (χ1) is 12.4. The second-order valence-electron chi connectivity index (χ2n) is 6.12. The molecule has 140 valence electrons. The Labute approximate surface area is 154 Å². The lowest BCUT2D eigenvalue weighted by atomic mass is 10.1. The van der Waals surface area contributed by atoms with Crippen LogP contribution < -0.4 is 15.4 Å². The minimum absolute atomic E-state index is 0.0667. The van der Waals surface area contributed by atoms with Gasteiger partial charge < -0.3 is 10.6 Å². The van der Waals surface area contributed by atoms with Crippen LogP contribution in [-0.2, 0) is 26.0 Å². The van der Waals surface area contributed by atoms with Crippen molar-refractivity contribution in [2.75, 3.05) is 13.1 Å². The number of hydrogen-bond acceptors (Lipinski definition) is 4. The van der Waals surface area contributed by atoms with Crippen molar-refractivity contribution in [2.45, 2.75) is 43.0 Å². The van der Waals surface area contributed by atoms with Gasteiger partial charge in [0.25, 0.3) is 0 Å². The molecule has 0 unspecified atom stereocenters. The van der Waals surface area contributed by atoms with Crippen molar-refractivity contribution in [3.05, 3.63) is 29.8 Å². The standard InChI is InChI=1S/C18H23N3O4S/c1-2-12-19-18(23)11-13-20-17(22)10-5-14-3-8-16(9-4-14)26(24,25)21-15-6-7-15/h1,3-4,8-9,15,21H,5-7,10-13H2,(H,19,23)(H,20,22). The van der Waals surface area contributed by atoms with E-state index >= 15 is 0 Å². The van der Waals surface area contributed by atoms with Crippen LogP contribution in [0.1, 0.15) is 31.2 Å². The van der Waals surface area contributed by atoms with Crippen molar-refractivity contribution in [3.8, 4) is 12.3 Å². The molecule has 2 rings (SSSR count). The zero-order valence-corrected chi connectivity index (χ0v) is 15.3. The lowest BCUT2D eigenvalue weighted by molar-refractivity contribution is -0.122. The fourth-order valence-electron chi connectivity index (χ4n) is 2.22. The molecule has 0 aromatic heterocycles. The quantitative estimate of drug-likeness (QED) is 0.511. The number of carbonyl (C=O) groups is 2. The Bertz CT molecular complexity index is 778. The highest BCUT2D eigenvalue weighted by atomic mass is 32.2. The maximum absolute atomic E-state index is 12.1. The molecular weight excluding hydrogens is 354 g/mol. The summed E-state index contributed by atoms with van der Waals surface area (Å²) in [6.07, 6.45) is 7.74. The molecule has 1 aliphatic rings. The van der Waals surface area contributed by atoms with Crippen LogP contribution in [0.3, 0.4) is 0 Å². The first-order valence-corrected chi connectivity index (χ1v) is 9.97. The molecule has 7 nitrogen and oxygen atoms in total. The fourth-order valence-corrected chi connectivity index (χ4v) is 3.53. The molecule has 0 saturated heterocycles. The van der Waals surface area contributed by atoms with Crippen LogP contribution in [0.4, 0.5) is 0 Å². The van der Waals surface area contributed by atoms with Gasteiger partial charge in [-0.1, -0.05) is 18.1 Å². The molecule has 0 bridgehead atoms. The molecule has 0 radical (unpaired) electrons. The van der Waals surface area contributed by atoms with Crippen molar-refractivity contribution >= 4 is 21.8 Å². The lowest BCUT2D eigenvalue weighted by Gasteiger charge is -2.07. The maximum Gasteiger partial charge on any atom is 0.240 e. The van der Waals surface area contributed by atoms with Crippen LogP contribution in [0.2, 0.25) is 0 Å². The molecule has 0 atom stereocenters. The van der Waals surface area contributed by atoms with E-state index in [9.17, 15) is 18.0 Å². The van der Waals surface area contributed by atoms with E-state index in [2.05, 4.69) is 21.3 Å². The number of benzene rings is 1. The van der Waals surface area contributed by atoms with E-state index in [0.29, 0.717) is 6.42 Å². The summed E-state index contributed by atoms with van der Waals surface area (Å²) in [5, 5.41) is 5.18. The van der Waals surface area contributed by atoms with Crippen LogP contribution in [0.5, 0.6) is 0 Å². The van der Waals surface area contributed by atoms with E-state index in [1.54, 1.807) is 24.3 Å². The summed E-state index contributed by atoms with van der Waals surface area (Å²) in [5.74, 6) is 1.93. The molecule has 1 aromatic rings. The molecular formula is C18H23N3O4S. The Morgan fingerprint density at radius 3 is 2.35 bits per heavy atom. The van der Waals surface area contributed by atoms with Crippen LogP contribution >= 0.6 is 0 Å². The van der Waals surface area contributed by atoms with Crippen LogP contribution in [0.25, 0.3) is 0 Å². The first-order valence-electron chi connectivity index (χ1n) is 8.49. The van der Waals surface area contributed by atoms with Gasteiger partial charge in [0.05, 0.1) is 11.4 Å². The Hall–Kier alpha value is -2.37. The molecule has 1 aliphatic carbocycles. The van der Waals surface area contributed by atoms with Crippen LogP contribution in [-0.4, -0.2) is 39.4 Å². The molecule has 3 N–H and O–H groups in total. The van der Waals surface area contributed by atoms with E-state index in [1.807, 2.05) is 0 Å². The number of aryl methyl sites for hydroxylation is 1. The zero-order valence-electron chi connectivity index (χ0n) is 14.5. The number of sulfonamides is 1. The predicted octanol–water partition coefficient (Wildman–Crippen LogP) is 0.316. The lowest BCUT2D eigenvalue weighted by Crippen LogP contribution is -2.30. The third-order valence-corrected chi connectivity index (χ3v) is 5.37. The Balaban J connectivity index is 1.71. The van der Waals surface area contributed by atoms with Gasteiger partial charge in [0.2, 0.25) is 21.8 Å². The molecule has 2 amide bonds. The number of rotatable bonds is 10. The van der Waals surface area contributed by atoms with Crippen LogP contribution in [0, 0.1) is 12.3 Å². The topological polar surface area (TPSA) is 104 Å². The van der Waals surface area contributed by atoms with Gasteiger partial charge in [0.1, 0.15) is 0 Å². The molecule has 1 saturated carbocycles. The first kappa shape index (κ1) is 19.9. The number of terminal acetylenes is 1. The largest absolute Gasteiger partial charge is 0.356 e. The number of hydrogen-bond donors (Lipinski definition) is 3. The summed E-state index contributed by atoms with van der Waals surface area (Å²) in [4.78, 5) is 23.4. The molecule has 8 heteroatoms. The van der Waals surface area contributed by atoms with E-state index in [4.69, 9.17) is 6.42 Å². The Morgan fingerprint density at radius 2 is 1.73 bits per heavy atom. The average Bonchev–Trinajstić information content (AvgIpc) is 3.42. The van der Waals surface area contributed by atoms with Gasteiger partial charge in [0.15, 0.2) is 0 Å². The second-order valence-corrected chi connectivity index (χ2v) is 7.83. The fraction of sp³-hybridized carbons (Fsp3) is 0.444. The van der Waals surface area contributed by atoms with Gasteiger partial charge in [-0.05, 0) is 37.0 Å². The van der Waals surface area contributed by atoms with Gasteiger partial charge in [-0.2, -0.15) is 0 Å². The summed E-state index contributed by atoms with van der Waals surface area (Å²) in [6.45, 7) is 0.425. The van der Waals surface area contributed by atoms with Crippen molar-refractivity contribution in [2.24, 2.45) is 0 Å². The van der Waals surface area contributed by atoms with Gasteiger partial charge in [-0.25, -0.2) is 13.1 Å². The Kier molecular flexibility index (Phi) is 7.18. The smallest absolute Gasteiger partial charge is 0.240 e. The summed E-state index contributed by atoms with van der Waals surface area (Å²) in [6, 6.07) is 6.59. The van der Waals surface area contributed by atoms with Crippen molar-refractivity contribution in [1.82, 2.24) is 15.4 Å². The van der Waals surface area contributed by atoms with Gasteiger partial charge in [0, 0.05) is 25.4 Å². The maximum atomic E-state index is 12.1. The number of carbonyl (C=O) groups excluding carboxylic acids is 2. The van der Waals surface area contributed by atoms with E-state index < -0.39 is 10.0 Å². The van der Waals surface area contributed by atoms with Crippen molar-refractivity contribution in [1.29, 1.82) is 0 Å². The highest BCUT2D eigenvalue weighted by Crippen LogP contribution is 2.22. The van der Waals surface area contributed by atoms with Crippen molar-refractivity contribution in [3.63, 3.8) is 0 Å².